The molecule has 45 heavy (non-hydrogen) atoms. The third-order valence-electron chi connectivity index (χ3n) is 8.35. The van der Waals surface area contributed by atoms with Crippen molar-refractivity contribution in [3.8, 4) is 0 Å². The van der Waals surface area contributed by atoms with Gasteiger partial charge in [-0.25, -0.2) is 4.57 Å². The van der Waals surface area contributed by atoms with Crippen LogP contribution in [0.5, 0.6) is 0 Å². The van der Waals surface area contributed by atoms with Crippen molar-refractivity contribution < 1.29 is 28.4 Å². The molecule has 9 heteroatoms. The molecule has 0 aromatic heterocycles. The van der Waals surface area contributed by atoms with Crippen LogP contribution in [-0.2, 0) is 18.4 Å². The molecule has 268 valence electrons. The Morgan fingerprint density at radius 1 is 0.711 bits per heavy atom. The SMILES string of the molecule is CCC/C=C\CCCCCCCC(=O)NC(COP(=O)(O)OCCN)C(O)CCCCCCCCCCCCCCCCCC. The number of carbonyl (C=O) groups excluding carboxylic acids is 1. The zero-order chi connectivity index (χ0) is 33.3. The van der Waals surface area contributed by atoms with Crippen LogP contribution >= 0.6 is 7.82 Å². The summed E-state index contributed by atoms with van der Waals surface area (Å²) in [4.78, 5) is 22.5. The maximum absolute atomic E-state index is 12.6. The van der Waals surface area contributed by atoms with Crippen LogP contribution in [0.25, 0.3) is 0 Å². The Morgan fingerprint density at radius 3 is 1.73 bits per heavy atom. The van der Waals surface area contributed by atoms with Crippen LogP contribution in [0.2, 0.25) is 0 Å². The lowest BCUT2D eigenvalue weighted by Crippen LogP contribution is -2.46. The third kappa shape index (κ3) is 31.6. The first-order chi connectivity index (χ1) is 21.9. The monoisotopic (exact) mass is 661 g/mol. The van der Waals surface area contributed by atoms with E-state index in [0.29, 0.717) is 12.8 Å². The second-order valence-corrected chi connectivity index (χ2v) is 14.2. The predicted octanol–water partition coefficient (Wildman–Crippen LogP) is 9.66. The van der Waals surface area contributed by atoms with Gasteiger partial charge >= 0.3 is 7.82 Å². The molecule has 0 aromatic carbocycles. The summed E-state index contributed by atoms with van der Waals surface area (Å²) >= 11 is 0. The number of aliphatic hydroxyl groups excluding tert-OH is 1. The van der Waals surface area contributed by atoms with Gasteiger partial charge in [0.05, 0.1) is 25.4 Å². The van der Waals surface area contributed by atoms with E-state index in [1.165, 1.54) is 96.3 Å². The molecule has 0 aliphatic heterocycles. The smallest absolute Gasteiger partial charge is 0.391 e. The number of nitrogens with two attached hydrogens (primary N) is 1. The van der Waals surface area contributed by atoms with E-state index in [2.05, 4.69) is 31.3 Å². The van der Waals surface area contributed by atoms with Gasteiger partial charge in [-0.15, -0.1) is 0 Å². The highest BCUT2D eigenvalue weighted by Crippen LogP contribution is 2.43. The molecule has 0 saturated heterocycles. The molecule has 8 nitrogen and oxygen atoms in total. The van der Waals surface area contributed by atoms with Gasteiger partial charge < -0.3 is 21.1 Å². The van der Waals surface area contributed by atoms with Gasteiger partial charge in [-0.05, 0) is 32.1 Å². The van der Waals surface area contributed by atoms with Crippen molar-refractivity contribution in [2.45, 2.75) is 193 Å². The minimum absolute atomic E-state index is 0.0888. The molecule has 0 spiro atoms. The standard InChI is InChI=1S/C36H73N2O6P/c1-3-5-7-9-11-13-15-16-17-18-19-20-21-23-25-27-29-35(39)34(33-44-45(41,42)43-32-31-37)38-36(40)30-28-26-24-22-14-12-10-8-6-4-2/h8,10,34-35,39H,3-7,9,11-33,37H2,1-2H3,(H,38,40)(H,41,42)/b10-8-. The molecule has 5 N–H and O–H groups in total. The first-order valence-corrected chi connectivity index (χ1v) is 20.3. The maximum atomic E-state index is 12.6. The fourth-order valence-corrected chi connectivity index (χ4v) is 6.25. The van der Waals surface area contributed by atoms with E-state index in [0.717, 1.165) is 57.8 Å². The average molecular weight is 661 g/mol. The molecule has 0 aromatic rings. The number of hydrogen-bond acceptors (Lipinski definition) is 6. The number of unbranched alkanes of at least 4 members (excludes halogenated alkanes) is 21. The maximum Gasteiger partial charge on any atom is 0.472 e. The lowest BCUT2D eigenvalue weighted by Gasteiger charge is -2.25. The molecular formula is C36H73N2O6P. The van der Waals surface area contributed by atoms with E-state index in [4.69, 9.17) is 14.8 Å². The summed E-state index contributed by atoms with van der Waals surface area (Å²) in [5.41, 5.74) is 5.35. The van der Waals surface area contributed by atoms with Crippen LogP contribution in [0, 0.1) is 0 Å². The predicted molar refractivity (Wildman–Crippen MR) is 189 cm³/mol. The Morgan fingerprint density at radius 2 is 1.20 bits per heavy atom. The van der Waals surface area contributed by atoms with Gasteiger partial charge in [0.2, 0.25) is 5.91 Å². The second-order valence-electron chi connectivity index (χ2n) is 12.8. The molecule has 0 aliphatic carbocycles. The highest BCUT2D eigenvalue weighted by Gasteiger charge is 2.27. The van der Waals surface area contributed by atoms with Crippen LogP contribution < -0.4 is 11.1 Å². The van der Waals surface area contributed by atoms with Crippen LogP contribution in [0.15, 0.2) is 12.2 Å². The van der Waals surface area contributed by atoms with Crippen molar-refractivity contribution in [1.29, 1.82) is 0 Å². The van der Waals surface area contributed by atoms with Gasteiger partial charge in [-0.3, -0.25) is 13.8 Å². The lowest BCUT2D eigenvalue weighted by molar-refractivity contribution is -0.123. The molecule has 0 fully saturated rings. The minimum atomic E-state index is -4.30. The zero-order valence-corrected chi connectivity index (χ0v) is 30.3. The molecule has 0 radical (unpaired) electrons. The molecule has 0 bridgehead atoms. The zero-order valence-electron chi connectivity index (χ0n) is 29.4. The first-order valence-electron chi connectivity index (χ1n) is 18.8. The number of phosphoric acid groups is 1. The molecule has 3 atom stereocenters. The van der Waals surface area contributed by atoms with Crippen LogP contribution in [0.1, 0.15) is 181 Å². The van der Waals surface area contributed by atoms with E-state index in [9.17, 15) is 19.4 Å². The topological polar surface area (TPSA) is 131 Å². The van der Waals surface area contributed by atoms with Gasteiger partial charge in [0.15, 0.2) is 0 Å². The third-order valence-corrected chi connectivity index (χ3v) is 9.33. The van der Waals surface area contributed by atoms with Gasteiger partial charge in [0.25, 0.3) is 0 Å². The van der Waals surface area contributed by atoms with E-state index in [-0.39, 0.29) is 25.7 Å². The number of aliphatic hydroxyl groups is 1. The van der Waals surface area contributed by atoms with Gasteiger partial charge in [0, 0.05) is 13.0 Å². The highest BCUT2D eigenvalue weighted by molar-refractivity contribution is 7.47. The number of carbonyl (C=O) groups is 1. The molecule has 0 saturated carbocycles. The van der Waals surface area contributed by atoms with E-state index in [1.54, 1.807) is 0 Å². The van der Waals surface area contributed by atoms with E-state index < -0.39 is 20.0 Å². The summed E-state index contributed by atoms with van der Waals surface area (Å²) in [5.74, 6) is -0.173. The Balaban J connectivity index is 4.21. The first kappa shape index (κ1) is 44.2. The number of hydrogen-bond donors (Lipinski definition) is 4. The highest BCUT2D eigenvalue weighted by atomic mass is 31.2. The summed E-state index contributed by atoms with van der Waals surface area (Å²) in [6.45, 7) is 4.13. The quantitative estimate of drug-likeness (QED) is 0.0302. The fourth-order valence-electron chi connectivity index (χ4n) is 5.49. The summed E-state index contributed by atoms with van der Waals surface area (Å²) in [6, 6.07) is -0.772. The van der Waals surface area contributed by atoms with Gasteiger partial charge in [0.1, 0.15) is 0 Å². The van der Waals surface area contributed by atoms with Crippen LogP contribution in [0.4, 0.5) is 0 Å². The van der Waals surface area contributed by atoms with Gasteiger partial charge in [-0.2, -0.15) is 0 Å². The Bertz CT molecular complexity index is 724. The van der Waals surface area contributed by atoms with Crippen molar-refractivity contribution in [2.75, 3.05) is 19.8 Å². The van der Waals surface area contributed by atoms with Crippen molar-refractivity contribution >= 4 is 13.7 Å². The summed E-state index contributed by atoms with van der Waals surface area (Å²) < 4.78 is 22.0. The minimum Gasteiger partial charge on any atom is -0.391 e. The number of allylic oxidation sites excluding steroid dienone is 2. The molecule has 0 heterocycles. The molecule has 3 unspecified atom stereocenters. The Kier molecular flexibility index (Phi) is 32.6. The fraction of sp³-hybridized carbons (Fsp3) is 0.917. The van der Waals surface area contributed by atoms with E-state index >= 15 is 0 Å². The van der Waals surface area contributed by atoms with Crippen LogP contribution in [-0.4, -0.2) is 47.8 Å². The lowest BCUT2D eigenvalue weighted by atomic mass is 10.0. The molecular weight excluding hydrogens is 587 g/mol. The van der Waals surface area contributed by atoms with Crippen LogP contribution in [0.3, 0.4) is 0 Å². The largest absolute Gasteiger partial charge is 0.472 e. The Hall–Kier alpha value is -0.760. The Labute approximate surface area is 277 Å². The van der Waals surface area contributed by atoms with Crippen molar-refractivity contribution in [3.63, 3.8) is 0 Å². The normalized spacial score (nSPS) is 14.5. The van der Waals surface area contributed by atoms with Crippen molar-refractivity contribution in [2.24, 2.45) is 5.73 Å². The number of nitrogens with one attached hydrogen (secondary N) is 1. The number of rotatable bonds is 35. The molecule has 0 aliphatic rings. The number of amides is 1. The second kappa shape index (κ2) is 33.2. The van der Waals surface area contributed by atoms with Crippen molar-refractivity contribution in [3.05, 3.63) is 12.2 Å². The molecule has 1 amide bonds. The summed E-state index contributed by atoms with van der Waals surface area (Å²) in [5, 5.41) is 13.7. The summed E-state index contributed by atoms with van der Waals surface area (Å²) in [7, 11) is -4.30. The summed E-state index contributed by atoms with van der Waals surface area (Å²) in [6.07, 6.45) is 33.6. The van der Waals surface area contributed by atoms with Gasteiger partial charge in [-0.1, -0.05) is 154 Å². The van der Waals surface area contributed by atoms with E-state index in [1.807, 2.05) is 0 Å². The van der Waals surface area contributed by atoms with Crippen molar-refractivity contribution in [1.82, 2.24) is 5.32 Å². The number of phosphoric ester groups is 1. The average Bonchev–Trinajstić information content (AvgIpc) is 3.02. The molecule has 0 rings (SSSR count).